The molecule has 0 spiro atoms. The van der Waals surface area contributed by atoms with Crippen molar-refractivity contribution in [3.63, 3.8) is 0 Å². The molecule has 0 aromatic heterocycles. The third kappa shape index (κ3) is 3.84. The van der Waals surface area contributed by atoms with Crippen molar-refractivity contribution in [2.45, 2.75) is 0 Å². The number of rotatable bonds is 5. The molecule has 0 aliphatic carbocycles. The number of fused-ring (bicyclic) bond motifs is 1. The lowest BCUT2D eigenvalue weighted by molar-refractivity contribution is -0.385. The minimum Gasteiger partial charge on any atom is -0.508 e. The Bertz CT molecular complexity index is 1060. The van der Waals surface area contributed by atoms with E-state index in [9.17, 15) is 20.0 Å². The summed E-state index contributed by atoms with van der Waals surface area (Å²) < 4.78 is 5.27. The van der Waals surface area contributed by atoms with Gasteiger partial charge in [-0.25, -0.2) is 5.43 Å². The largest absolute Gasteiger partial charge is 0.508 e. The maximum absolute atomic E-state index is 12.5. The summed E-state index contributed by atoms with van der Waals surface area (Å²) in [7, 11) is 1.46. The van der Waals surface area contributed by atoms with Gasteiger partial charge in [0.2, 0.25) is 0 Å². The van der Waals surface area contributed by atoms with Gasteiger partial charge >= 0.3 is 0 Å². The van der Waals surface area contributed by atoms with E-state index < -0.39 is 10.8 Å². The molecule has 27 heavy (non-hydrogen) atoms. The van der Waals surface area contributed by atoms with Gasteiger partial charge in [-0.05, 0) is 35.0 Å². The standard InChI is InChI=1S/C19H15N3O5/c1-27-18-10-13-5-3-2-4-12(13)9-16(18)19(24)21-20-11-14-8-15(23)6-7-17(14)22(25)26/h2-11,23H,1H3,(H,21,24). The van der Waals surface area contributed by atoms with Crippen LogP contribution in [-0.4, -0.2) is 29.3 Å². The first-order valence-corrected chi connectivity index (χ1v) is 7.87. The van der Waals surface area contributed by atoms with Crippen molar-refractivity contribution in [2.24, 2.45) is 5.10 Å². The molecule has 0 unspecified atom stereocenters. The van der Waals surface area contributed by atoms with Gasteiger partial charge in [-0.2, -0.15) is 5.10 Å². The van der Waals surface area contributed by atoms with Crippen LogP contribution in [0.5, 0.6) is 11.5 Å². The summed E-state index contributed by atoms with van der Waals surface area (Å²) >= 11 is 0. The van der Waals surface area contributed by atoms with E-state index in [0.29, 0.717) is 5.75 Å². The number of carbonyl (C=O) groups is 1. The monoisotopic (exact) mass is 365 g/mol. The van der Waals surface area contributed by atoms with Crippen LogP contribution < -0.4 is 10.2 Å². The molecule has 0 saturated carbocycles. The lowest BCUT2D eigenvalue weighted by atomic mass is 10.1. The van der Waals surface area contributed by atoms with E-state index in [1.807, 2.05) is 24.3 Å². The fourth-order valence-corrected chi connectivity index (χ4v) is 2.60. The molecular weight excluding hydrogens is 350 g/mol. The zero-order valence-corrected chi connectivity index (χ0v) is 14.2. The van der Waals surface area contributed by atoms with Gasteiger partial charge < -0.3 is 9.84 Å². The van der Waals surface area contributed by atoms with E-state index in [1.165, 1.54) is 19.2 Å². The van der Waals surface area contributed by atoms with Gasteiger partial charge in [0.15, 0.2) is 0 Å². The maximum atomic E-state index is 12.5. The van der Waals surface area contributed by atoms with Crippen molar-refractivity contribution < 1.29 is 19.6 Å². The minimum absolute atomic E-state index is 0.0609. The molecule has 2 N–H and O–H groups in total. The lowest BCUT2D eigenvalue weighted by Crippen LogP contribution is -2.18. The van der Waals surface area contributed by atoms with E-state index in [0.717, 1.165) is 23.1 Å². The van der Waals surface area contributed by atoms with Crippen molar-refractivity contribution in [1.82, 2.24) is 5.43 Å². The molecule has 3 aromatic carbocycles. The number of benzene rings is 3. The second-order valence-electron chi connectivity index (χ2n) is 5.60. The predicted molar refractivity (Wildman–Crippen MR) is 100 cm³/mol. The molecule has 1 amide bonds. The average molecular weight is 365 g/mol. The van der Waals surface area contributed by atoms with Crippen molar-refractivity contribution >= 4 is 28.6 Å². The lowest BCUT2D eigenvalue weighted by Gasteiger charge is -2.09. The average Bonchev–Trinajstić information content (AvgIpc) is 2.66. The molecule has 0 heterocycles. The van der Waals surface area contributed by atoms with Gasteiger partial charge in [0, 0.05) is 6.07 Å². The molecule has 8 heteroatoms. The molecular formula is C19H15N3O5. The molecule has 136 valence electrons. The second-order valence-corrected chi connectivity index (χ2v) is 5.60. The van der Waals surface area contributed by atoms with E-state index in [4.69, 9.17) is 4.74 Å². The number of nitrogens with one attached hydrogen (secondary N) is 1. The van der Waals surface area contributed by atoms with Crippen LogP contribution in [0.1, 0.15) is 15.9 Å². The number of hydrazone groups is 1. The first-order valence-electron chi connectivity index (χ1n) is 7.87. The van der Waals surface area contributed by atoms with E-state index >= 15 is 0 Å². The molecule has 0 fully saturated rings. The quantitative estimate of drug-likeness (QED) is 0.409. The van der Waals surface area contributed by atoms with Crippen molar-refractivity contribution in [3.8, 4) is 11.5 Å². The molecule has 0 atom stereocenters. The van der Waals surface area contributed by atoms with Crippen LogP contribution >= 0.6 is 0 Å². The normalized spacial score (nSPS) is 10.9. The van der Waals surface area contributed by atoms with E-state index in [-0.39, 0.29) is 22.6 Å². The number of phenolic OH excluding ortho intramolecular Hbond substituents is 1. The third-order valence-corrected chi connectivity index (χ3v) is 3.89. The van der Waals surface area contributed by atoms with Crippen LogP contribution in [0.15, 0.2) is 59.7 Å². The zero-order valence-electron chi connectivity index (χ0n) is 14.2. The third-order valence-electron chi connectivity index (χ3n) is 3.89. The summed E-state index contributed by atoms with van der Waals surface area (Å²) in [5.41, 5.74) is 2.41. The Morgan fingerprint density at radius 1 is 1.19 bits per heavy atom. The number of aromatic hydroxyl groups is 1. The van der Waals surface area contributed by atoms with E-state index in [2.05, 4.69) is 10.5 Å². The van der Waals surface area contributed by atoms with Crippen LogP contribution in [0, 0.1) is 10.1 Å². The fourth-order valence-electron chi connectivity index (χ4n) is 2.60. The highest BCUT2D eigenvalue weighted by Crippen LogP contribution is 2.26. The first kappa shape index (κ1) is 17.9. The number of hydrogen-bond donors (Lipinski definition) is 2. The molecule has 0 saturated heterocycles. The number of amides is 1. The Balaban J connectivity index is 1.86. The fraction of sp³-hybridized carbons (Fsp3) is 0.0526. The van der Waals surface area contributed by atoms with Gasteiger partial charge in [-0.3, -0.25) is 14.9 Å². The van der Waals surface area contributed by atoms with Crippen molar-refractivity contribution in [2.75, 3.05) is 7.11 Å². The number of nitrogens with zero attached hydrogens (tertiary/aromatic N) is 2. The smallest absolute Gasteiger partial charge is 0.278 e. The number of ether oxygens (including phenoxy) is 1. The predicted octanol–water partition coefficient (Wildman–Crippen LogP) is 3.23. The Hall–Kier alpha value is -3.94. The highest BCUT2D eigenvalue weighted by atomic mass is 16.6. The van der Waals surface area contributed by atoms with Crippen LogP contribution in [0.4, 0.5) is 5.69 Å². The zero-order chi connectivity index (χ0) is 19.4. The minimum atomic E-state index is -0.602. The number of hydrogen-bond acceptors (Lipinski definition) is 6. The summed E-state index contributed by atoms with van der Waals surface area (Å²) in [5, 5.41) is 26.0. The highest BCUT2D eigenvalue weighted by molar-refractivity contribution is 6.02. The number of methoxy groups -OCH3 is 1. The summed E-state index contributed by atoms with van der Waals surface area (Å²) in [4.78, 5) is 22.9. The Kier molecular flexibility index (Phi) is 4.98. The molecule has 0 aliphatic rings. The summed E-state index contributed by atoms with van der Waals surface area (Å²) in [6.45, 7) is 0. The number of carbonyl (C=O) groups excluding carboxylic acids is 1. The van der Waals surface area contributed by atoms with Crippen LogP contribution in [0.2, 0.25) is 0 Å². The van der Waals surface area contributed by atoms with Crippen LogP contribution in [0.25, 0.3) is 10.8 Å². The Labute approximate surface area is 153 Å². The van der Waals surface area contributed by atoms with E-state index in [1.54, 1.807) is 12.1 Å². The van der Waals surface area contributed by atoms with Crippen molar-refractivity contribution in [3.05, 3.63) is 75.8 Å². The molecule has 0 radical (unpaired) electrons. The second kappa shape index (κ2) is 7.52. The first-order chi connectivity index (χ1) is 13.0. The van der Waals surface area contributed by atoms with Crippen LogP contribution in [0.3, 0.4) is 0 Å². The van der Waals surface area contributed by atoms with Gasteiger partial charge in [-0.1, -0.05) is 24.3 Å². The molecule has 0 aliphatic heterocycles. The van der Waals surface area contributed by atoms with Gasteiger partial charge in [-0.15, -0.1) is 0 Å². The number of nitro benzene ring substituents is 1. The summed E-state index contributed by atoms with van der Waals surface area (Å²) in [6.07, 6.45) is 1.10. The summed E-state index contributed by atoms with van der Waals surface area (Å²) in [5.74, 6) is -0.300. The number of phenols is 1. The Morgan fingerprint density at radius 2 is 1.89 bits per heavy atom. The number of nitro groups is 1. The highest BCUT2D eigenvalue weighted by Gasteiger charge is 2.15. The van der Waals surface area contributed by atoms with Crippen molar-refractivity contribution in [1.29, 1.82) is 0 Å². The molecule has 8 nitrogen and oxygen atoms in total. The van der Waals surface area contributed by atoms with Crippen LogP contribution in [-0.2, 0) is 0 Å². The maximum Gasteiger partial charge on any atom is 0.278 e. The van der Waals surface area contributed by atoms with Gasteiger partial charge in [0.1, 0.15) is 11.5 Å². The topological polar surface area (TPSA) is 114 Å². The molecule has 0 bridgehead atoms. The SMILES string of the molecule is COc1cc2ccccc2cc1C(=O)NN=Cc1cc(O)ccc1[N+](=O)[O-]. The molecule has 3 aromatic rings. The van der Waals surface area contributed by atoms with Gasteiger partial charge in [0.05, 0.1) is 29.4 Å². The Morgan fingerprint density at radius 3 is 2.56 bits per heavy atom. The summed E-state index contributed by atoms with van der Waals surface area (Å²) in [6, 6.07) is 14.5. The molecule has 3 rings (SSSR count). The van der Waals surface area contributed by atoms with Gasteiger partial charge in [0.25, 0.3) is 11.6 Å².